The fourth-order valence-corrected chi connectivity index (χ4v) is 2.66. The van der Waals surface area contributed by atoms with Gasteiger partial charge in [-0.2, -0.15) is 0 Å². The van der Waals surface area contributed by atoms with Crippen molar-refractivity contribution in [2.75, 3.05) is 13.7 Å². The third-order valence-corrected chi connectivity index (χ3v) is 4.10. The Balaban J connectivity index is 1.49. The van der Waals surface area contributed by atoms with Crippen molar-refractivity contribution >= 4 is 28.9 Å². The maximum Gasteiger partial charge on any atom is 0.331 e. The molecule has 0 saturated carbocycles. The van der Waals surface area contributed by atoms with Gasteiger partial charge >= 0.3 is 5.97 Å². The predicted octanol–water partition coefficient (Wildman–Crippen LogP) is 3.88. The van der Waals surface area contributed by atoms with E-state index in [1.54, 1.807) is 26.2 Å². The Morgan fingerprint density at radius 3 is 2.75 bits per heavy atom. The summed E-state index contributed by atoms with van der Waals surface area (Å²) in [5, 5.41) is 3.72. The molecule has 0 spiro atoms. The van der Waals surface area contributed by atoms with Crippen LogP contribution < -0.4 is 10.1 Å². The monoisotopic (exact) mass is 379 g/mol. The van der Waals surface area contributed by atoms with E-state index in [-0.39, 0.29) is 12.6 Å². The number of carbonyl (C=O) groups is 2. The zero-order chi connectivity index (χ0) is 19.9. The van der Waals surface area contributed by atoms with E-state index in [0.29, 0.717) is 11.5 Å². The molecular weight excluding hydrogens is 358 g/mol. The molecule has 0 aliphatic carbocycles. The average Bonchev–Trinajstić information content (AvgIpc) is 3.15. The number of para-hydroxylation sites is 1. The van der Waals surface area contributed by atoms with Crippen molar-refractivity contribution < 1.29 is 23.5 Å². The van der Waals surface area contributed by atoms with E-state index in [1.807, 2.05) is 48.5 Å². The van der Waals surface area contributed by atoms with Crippen LogP contribution in [0.25, 0.3) is 17.0 Å². The van der Waals surface area contributed by atoms with Crippen LogP contribution in [0.2, 0.25) is 0 Å². The summed E-state index contributed by atoms with van der Waals surface area (Å²) in [4.78, 5) is 23.8. The second-order valence-electron chi connectivity index (χ2n) is 6.19. The number of methoxy groups -OCH3 is 1. The van der Waals surface area contributed by atoms with Crippen LogP contribution in [0.5, 0.6) is 5.75 Å². The first-order valence-corrected chi connectivity index (χ1v) is 8.82. The number of hydrogen-bond acceptors (Lipinski definition) is 5. The molecule has 0 aliphatic heterocycles. The molecule has 0 aliphatic rings. The van der Waals surface area contributed by atoms with Gasteiger partial charge in [-0.05, 0) is 42.8 Å². The Hall–Kier alpha value is -3.54. The third kappa shape index (κ3) is 5.01. The van der Waals surface area contributed by atoms with E-state index in [9.17, 15) is 9.59 Å². The number of nitrogens with one attached hydrogen (secondary N) is 1. The lowest BCUT2D eigenvalue weighted by Gasteiger charge is -2.11. The van der Waals surface area contributed by atoms with Crippen LogP contribution in [0.1, 0.15) is 24.3 Å². The Morgan fingerprint density at radius 2 is 1.96 bits per heavy atom. The number of amides is 1. The highest BCUT2D eigenvalue weighted by molar-refractivity contribution is 5.89. The van der Waals surface area contributed by atoms with Gasteiger partial charge < -0.3 is 19.2 Å². The number of esters is 1. The van der Waals surface area contributed by atoms with Crippen LogP contribution in [0, 0.1) is 0 Å². The molecule has 28 heavy (non-hydrogen) atoms. The fourth-order valence-electron chi connectivity index (χ4n) is 2.66. The van der Waals surface area contributed by atoms with Crippen LogP contribution in [0.15, 0.2) is 65.1 Å². The van der Waals surface area contributed by atoms with Crippen molar-refractivity contribution in [3.63, 3.8) is 0 Å². The minimum absolute atomic E-state index is 0.342. The van der Waals surface area contributed by atoms with Gasteiger partial charge in [0.2, 0.25) is 0 Å². The molecule has 1 N–H and O–H groups in total. The zero-order valence-electron chi connectivity index (χ0n) is 15.7. The summed E-state index contributed by atoms with van der Waals surface area (Å²) in [6.45, 7) is 1.44. The smallest absolute Gasteiger partial charge is 0.331 e. The average molecular weight is 379 g/mol. The van der Waals surface area contributed by atoms with Crippen molar-refractivity contribution in [3.05, 3.63) is 72.0 Å². The molecular formula is C22H21NO5. The summed E-state index contributed by atoms with van der Waals surface area (Å²) in [5.74, 6) is 0.318. The topological polar surface area (TPSA) is 77.8 Å². The Labute approximate surface area is 162 Å². The molecule has 0 bridgehead atoms. The van der Waals surface area contributed by atoms with Crippen molar-refractivity contribution in [1.29, 1.82) is 0 Å². The molecule has 1 aromatic heterocycles. The van der Waals surface area contributed by atoms with Gasteiger partial charge in [0.1, 0.15) is 17.1 Å². The SMILES string of the molecule is COc1cccc(/C=C/C(=O)OCC(=O)N[C@H](C)c2cc3ccccc3o2)c1. The second kappa shape index (κ2) is 8.90. The predicted molar refractivity (Wildman–Crippen MR) is 106 cm³/mol. The summed E-state index contributed by atoms with van der Waals surface area (Å²) in [7, 11) is 1.57. The molecule has 2 aromatic carbocycles. The van der Waals surface area contributed by atoms with Crippen LogP contribution >= 0.6 is 0 Å². The van der Waals surface area contributed by atoms with Gasteiger partial charge in [-0.3, -0.25) is 4.79 Å². The number of carbonyl (C=O) groups excluding carboxylic acids is 2. The summed E-state index contributed by atoms with van der Waals surface area (Å²) in [6.07, 6.45) is 2.87. The highest BCUT2D eigenvalue weighted by Gasteiger charge is 2.15. The van der Waals surface area contributed by atoms with Crippen LogP contribution in [0.4, 0.5) is 0 Å². The Kier molecular flexibility index (Phi) is 6.11. The van der Waals surface area contributed by atoms with E-state index in [2.05, 4.69) is 5.32 Å². The summed E-state index contributed by atoms with van der Waals surface area (Å²) < 4.78 is 15.8. The van der Waals surface area contributed by atoms with Crippen LogP contribution in [-0.4, -0.2) is 25.6 Å². The van der Waals surface area contributed by atoms with E-state index in [4.69, 9.17) is 13.9 Å². The van der Waals surface area contributed by atoms with Crippen molar-refractivity contribution in [2.24, 2.45) is 0 Å². The number of fused-ring (bicyclic) bond motifs is 1. The van der Waals surface area contributed by atoms with Crippen LogP contribution in [-0.2, 0) is 14.3 Å². The molecule has 144 valence electrons. The van der Waals surface area contributed by atoms with Gasteiger partial charge in [-0.15, -0.1) is 0 Å². The van der Waals surface area contributed by atoms with Gasteiger partial charge in [-0.1, -0.05) is 30.3 Å². The van der Waals surface area contributed by atoms with E-state index in [1.165, 1.54) is 6.08 Å². The number of benzene rings is 2. The van der Waals surface area contributed by atoms with Gasteiger partial charge in [0.15, 0.2) is 6.61 Å². The first-order valence-electron chi connectivity index (χ1n) is 8.82. The summed E-state index contributed by atoms with van der Waals surface area (Å²) in [6, 6.07) is 16.4. The highest BCUT2D eigenvalue weighted by Crippen LogP contribution is 2.23. The second-order valence-corrected chi connectivity index (χ2v) is 6.19. The van der Waals surface area contributed by atoms with Crippen molar-refractivity contribution in [2.45, 2.75) is 13.0 Å². The molecule has 1 atom stereocenters. The first-order chi connectivity index (χ1) is 13.5. The molecule has 0 saturated heterocycles. The highest BCUT2D eigenvalue weighted by atomic mass is 16.5. The number of hydrogen-bond donors (Lipinski definition) is 1. The third-order valence-electron chi connectivity index (χ3n) is 4.10. The van der Waals surface area contributed by atoms with E-state index in [0.717, 1.165) is 16.5 Å². The zero-order valence-corrected chi connectivity index (χ0v) is 15.7. The largest absolute Gasteiger partial charge is 0.497 e. The van der Waals surface area contributed by atoms with Crippen LogP contribution in [0.3, 0.4) is 0 Å². The molecule has 1 amide bonds. The molecule has 0 radical (unpaired) electrons. The molecule has 0 unspecified atom stereocenters. The minimum Gasteiger partial charge on any atom is -0.497 e. The van der Waals surface area contributed by atoms with Gasteiger partial charge in [0.25, 0.3) is 5.91 Å². The lowest BCUT2D eigenvalue weighted by molar-refractivity contribution is -0.144. The maximum absolute atomic E-state index is 12.0. The number of ether oxygens (including phenoxy) is 2. The quantitative estimate of drug-likeness (QED) is 0.498. The number of rotatable bonds is 7. The molecule has 6 nitrogen and oxygen atoms in total. The summed E-state index contributed by atoms with van der Waals surface area (Å²) >= 11 is 0. The first kappa shape index (κ1) is 19.2. The normalized spacial score (nSPS) is 12.1. The molecule has 3 rings (SSSR count). The van der Waals surface area contributed by atoms with Crippen molar-refractivity contribution in [1.82, 2.24) is 5.32 Å². The lowest BCUT2D eigenvalue weighted by atomic mass is 10.2. The molecule has 6 heteroatoms. The lowest BCUT2D eigenvalue weighted by Crippen LogP contribution is -2.30. The molecule has 1 heterocycles. The van der Waals surface area contributed by atoms with Gasteiger partial charge in [-0.25, -0.2) is 4.79 Å². The molecule has 3 aromatic rings. The van der Waals surface area contributed by atoms with E-state index < -0.39 is 11.9 Å². The standard InChI is InChI=1S/C22H21NO5/c1-15(20-13-17-7-3-4-9-19(17)28-20)23-21(24)14-27-22(25)11-10-16-6-5-8-18(12-16)26-2/h3-13,15H,14H2,1-2H3,(H,23,24)/b11-10+/t15-/m1/s1. The Bertz CT molecular complexity index is 972. The fraction of sp³-hybridized carbons (Fsp3) is 0.182. The summed E-state index contributed by atoms with van der Waals surface area (Å²) in [5.41, 5.74) is 1.55. The Morgan fingerprint density at radius 1 is 1.14 bits per heavy atom. The van der Waals surface area contributed by atoms with Gasteiger partial charge in [0.05, 0.1) is 13.2 Å². The molecule has 0 fully saturated rings. The number of furan rings is 1. The maximum atomic E-state index is 12.0. The van der Waals surface area contributed by atoms with Gasteiger partial charge in [0, 0.05) is 11.5 Å². The van der Waals surface area contributed by atoms with E-state index >= 15 is 0 Å². The minimum atomic E-state index is -0.602. The van der Waals surface area contributed by atoms with Crippen molar-refractivity contribution in [3.8, 4) is 5.75 Å².